The van der Waals surface area contributed by atoms with Gasteiger partial charge in [-0.15, -0.1) is 10.2 Å². The van der Waals surface area contributed by atoms with Crippen LogP contribution >= 0.6 is 11.8 Å². The quantitative estimate of drug-likeness (QED) is 0.302. The van der Waals surface area contributed by atoms with E-state index in [9.17, 15) is 4.79 Å². The molecule has 176 valence electrons. The Hall–Kier alpha value is -3.85. The summed E-state index contributed by atoms with van der Waals surface area (Å²) in [5.74, 6) is 1.68. The van der Waals surface area contributed by atoms with Crippen molar-refractivity contribution in [2.75, 3.05) is 11.1 Å². The highest BCUT2D eigenvalue weighted by molar-refractivity contribution is 7.99. The van der Waals surface area contributed by atoms with Crippen molar-refractivity contribution in [1.82, 2.24) is 29.5 Å². The van der Waals surface area contributed by atoms with Crippen molar-refractivity contribution in [3.05, 3.63) is 78.1 Å². The summed E-state index contributed by atoms with van der Waals surface area (Å²) in [5.41, 5.74) is 4.45. The molecule has 35 heavy (non-hydrogen) atoms. The first-order chi connectivity index (χ1) is 17.2. The van der Waals surface area contributed by atoms with Gasteiger partial charge in [0.2, 0.25) is 5.91 Å². The maximum Gasteiger partial charge on any atom is 0.235 e. The first-order valence-electron chi connectivity index (χ1n) is 11.7. The van der Waals surface area contributed by atoms with Crippen LogP contribution in [0.3, 0.4) is 0 Å². The standard InChI is InChI=1S/C26H25N7OS/c1-17-5-4-6-18(13-17)15-32-23(11-12-28-32)29-24(34)16-35-26-31-30-25(33(26)19-9-10-19)21-14-27-22-8-3-2-7-20(21)22/h2-8,11-14,19,27H,9-10,15-16H2,1H3,(H,29,34). The molecule has 0 saturated heterocycles. The molecule has 1 saturated carbocycles. The zero-order valence-electron chi connectivity index (χ0n) is 19.3. The molecule has 5 aromatic rings. The van der Waals surface area contributed by atoms with Gasteiger partial charge < -0.3 is 10.3 Å². The van der Waals surface area contributed by atoms with E-state index in [-0.39, 0.29) is 11.7 Å². The van der Waals surface area contributed by atoms with Crippen LogP contribution in [0.4, 0.5) is 5.82 Å². The zero-order chi connectivity index (χ0) is 23.8. The van der Waals surface area contributed by atoms with Crippen molar-refractivity contribution in [3.8, 4) is 11.4 Å². The Balaban J connectivity index is 1.16. The van der Waals surface area contributed by atoms with Crippen LogP contribution in [0, 0.1) is 6.92 Å². The molecule has 1 aliphatic rings. The molecular weight excluding hydrogens is 458 g/mol. The van der Waals surface area contributed by atoms with E-state index < -0.39 is 0 Å². The fourth-order valence-electron chi connectivity index (χ4n) is 4.33. The van der Waals surface area contributed by atoms with Crippen molar-refractivity contribution in [3.63, 3.8) is 0 Å². The first kappa shape index (κ1) is 21.7. The number of amides is 1. The molecule has 0 radical (unpaired) electrons. The van der Waals surface area contributed by atoms with E-state index in [2.05, 4.69) is 67.4 Å². The van der Waals surface area contributed by atoms with Crippen LogP contribution in [-0.4, -0.2) is 41.2 Å². The van der Waals surface area contributed by atoms with Crippen molar-refractivity contribution in [2.45, 2.75) is 37.5 Å². The normalized spacial score (nSPS) is 13.4. The molecule has 1 amide bonds. The van der Waals surface area contributed by atoms with Gasteiger partial charge in [0.1, 0.15) is 5.82 Å². The maximum atomic E-state index is 12.8. The summed E-state index contributed by atoms with van der Waals surface area (Å²) < 4.78 is 3.99. The van der Waals surface area contributed by atoms with Gasteiger partial charge in [-0.25, -0.2) is 4.68 Å². The van der Waals surface area contributed by atoms with Gasteiger partial charge in [-0.1, -0.05) is 59.8 Å². The van der Waals surface area contributed by atoms with Gasteiger partial charge in [0.05, 0.1) is 18.5 Å². The Labute approximate surface area is 206 Å². The van der Waals surface area contributed by atoms with Crippen LogP contribution in [0.2, 0.25) is 0 Å². The number of aromatic amines is 1. The second-order valence-electron chi connectivity index (χ2n) is 8.86. The summed E-state index contributed by atoms with van der Waals surface area (Å²) in [6.07, 6.45) is 5.90. The molecule has 1 aliphatic carbocycles. The number of aromatic nitrogens is 6. The van der Waals surface area contributed by atoms with Gasteiger partial charge in [0.15, 0.2) is 11.0 Å². The van der Waals surface area contributed by atoms with Crippen LogP contribution in [-0.2, 0) is 11.3 Å². The average Bonchev–Trinajstić information content (AvgIpc) is 3.25. The lowest BCUT2D eigenvalue weighted by Gasteiger charge is -2.10. The summed E-state index contributed by atoms with van der Waals surface area (Å²) in [7, 11) is 0. The lowest BCUT2D eigenvalue weighted by molar-refractivity contribution is -0.113. The number of benzene rings is 2. The fourth-order valence-corrected chi connectivity index (χ4v) is 5.14. The third-order valence-electron chi connectivity index (χ3n) is 6.14. The minimum atomic E-state index is -0.0972. The topological polar surface area (TPSA) is 93.4 Å². The number of thioether (sulfide) groups is 1. The second-order valence-corrected chi connectivity index (χ2v) is 9.80. The fraction of sp³-hybridized carbons (Fsp3) is 0.231. The molecule has 3 aromatic heterocycles. The predicted molar refractivity (Wildman–Crippen MR) is 137 cm³/mol. The van der Waals surface area contributed by atoms with Crippen LogP contribution in [0.5, 0.6) is 0 Å². The number of nitrogens with one attached hydrogen (secondary N) is 2. The molecule has 3 heterocycles. The Bertz CT molecular complexity index is 1510. The molecule has 8 nitrogen and oxygen atoms in total. The van der Waals surface area contributed by atoms with Crippen molar-refractivity contribution in [1.29, 1.82) is 0 Å². The zero-order valence-corrected chi connectivity index (χ0v) is 20.1. The van der Waals surface area contributed by atoms with Crippen LogP contribution in [0.1, 0.15) is 30.0 Å². The van der Waals surface area contributed by atoms with Gasteiger partial charge in [-0.3, -0.25) is 9.36 Å². The molecule has 0 unspecified atom stereocenters. The van der Waals surface area contributed by atoms with E-state index in [1.54, 1.807) is 10.9 Å². The predicted octanol–water partition coefficient (Wildman–Crippen LogP) is 5.05. The Morgan fingerprint density at radius 2 is 2.03 bits per heavy atom. The number of fused-ring (bicyclic) bond motifs is 1. The molecule has 0 bridgehead atoms. The number of hydrogen-bond acceptors (Lipinski definition) is 5. The van der Waals surface area contributed by atoms with Gasteiger partial charge >= 0.3 is 0 Å². The van der Waals surface area contributed by atoms with E-state index in [0.29, 0.717) is 18.4 Å². The summed E-state index contributed by atoms with van der Waals surface area (Å²) in [6, 6.07) is 18.7. The third kappa shape index (κ3) is 4.46. The summed E-state index contributed by atoms with van der Waals surface area (Å²) in [6.45, 7) is 2.66. The number of anilines is 1. The van der Waals surface area contributed by atoms with E-state index in [4.69, 9.17) is 0 Å². The number of carbonyl (C=O) groups excluding carboxylic acids is 1. The highest BCUT2D eigenvalue weighted by atomic mass is 32.2. The van der Waals surface area contributed by atoms with Crippen LogP contribution in [0.25, 0.3) is 22.3 Å². The minimum Gasteiger partial charge on any atom is -0.360 e. The monoisotopic (exact) mass is 483 g/mol. The lowest BCUT2D eigenvalue weighted by Crippen LogP contribution is -2.18. The molecule has 0 aliphatic heterocycles. The van der Waals surface area contributed by atoms with E-state index in [0.717, 1.165) is 45.9 Å². The van der Waals surface area contributed by atoms with Gasteiger partial charge in [-0.05, 0) is 31.4 Å². The highest BCUT2D eigenvalue weighted by Gasteiger charge is 2.31. The Morgan fingerprint density at radius 3 is 2.89 bits per heavy atom. The summed E-state index contributed by atoms with van der Waals surface area (Å²) in [5, 5.41) is 18.2. The molecule has 2 N–H and O–H groups in total. The molecule has 2 aromatic carbocycles. The largest absolute Gasteiger partial charge is 0.360 e. The van der Waals surface area contributed by atoms with Gasteiger partial charge in [-0.2, -0.15) is 5.10 Å². The van der Waals surface area contributed by atoms with Crippen molar-refractivity contribution in [2.24, 2.45) is 0 Å². The molecule has 6 rings (SSSR count). The number of para-hydroxylation sites is 1. The molecular formula is C26H25N7OS. The van der Waals surface area contributed by atoms with Gasteiger partial charge in [0, 0.05) is 34.8 Å². The van der Waals surface area contributed by atoms with Gasteiger partial charge in [0.25, 0.3) is 0 Å². The van der Waals surface area contributed by atoms with Crippen molar-refractivity contribution >= 4 is 34.4 Å². The van der Waals surface area contributed by atoms with E-state index in [1.807, 2.05) is 30.5 Å². The highest BCUT2D eigenvalue weighted by Crippen LogP contribution is 2.42. The van der Waals surface area contributed by atoms with E-state index >= 15 is 0 Å². The number of aryl methyl sites for hydroxylation is 1. The molecule has 0 spiro atoms. The average molecular weight is 484 g/mol. The molecule has 9 heteroatoms. The smallest absolute Gasteiger partial charge is 0.235 e. The van der Waals surface area contributed by atoms with Crippen LogP contribution < -0.4 is 5.32 Å². The maximum absolute atomic E-state index is 12.8. The lowest BCUT2D eigenvalue weighted by atomic mass is 10.1. The van der Waals surface area contributed by atoms with Crippen LogP contribution in [0.15, 0.2) is 72.1 Å². The second kappa shape index (κ2) is 9.07. The number of rotatable bonds is 8. The molecule has 0 atom stereocenters. The minimum absolute atomic E-state index is 0.0972. The third-order valence-corrected chi connectivity index (χ3v) is 7.08. The summed E-state index contributed by atoms with van der Waals surface area (Å²) in [4.78, 5) is 16.1. The van der Waals surface area contributed by atoms with Crippen molar-refractivity contribution < 1.29 is 4.79 Å². The first-order valence-corrected chi connectivity index (χ1v) is 12.7. The number of nitrogens with zero attached hydrogens (tertiary/aromatic N) is 5. The summed E-state index contributed by atoms with van der Waals surface area (Å²) >= 11 is 1.42. The molecule has 1 fully saturated rings. The number of hydrogen-bond donors (Lipinski definition) is 2. The SMILES string of the molecule is Cc1cccc(Cn2nccc2NC(=O)CSc2nnc(-c3c[nH]c4ccccc34)n2C2CC2)c1. The Morgan fingerprint density at radius 1 is 1.14 bits per heavy atom. The number of H-pyrrole nitrogens is 1. The van der Waals surface area contributed by atoms with E-state index in [1.165, 1.54) is 17.3 Å². The number of carbonyl (C=O) groups is 1. The Kier molecular flexibility index (Phi) is 5.61.